The van der Waals surface area contributed by atoms with Crippen LogP contribution in [0.5, 0.6) is 5.75 Å². The van der Waals surface area contributed by atoms with E-state index in [0.29, 0.717) is 18.1 Å². The average Bonchev–Trinajstić information content (AvgIpc) is 2.39. The molecule has 0 aromatic carbocycles. The summed E-state index contributed by atoms with van der Waals surface area (Å²) in [6, 6.07) is 3.45. The first kappa shape index (κ1) is 15.5. The van der Waals surface area contributed by atoms with Gasteiger partial charge in [-0.2, -0.15) is 0 Å². The first-order valence-electron chi connectivity index (χ1n) is 6.99. The summed E-state index contributed by atoms with van der Waals surface area (Å²) in [6.45, 7) is 4.52. The number of pyridine rings is 1. The van der Waals surface area contributed by atoms with E-state index in [9.17, 15) is 4.79 Å². The number of carbonyl (C=O) groups is 1. The standard InChI is InChI=1S/C15H23NO3/c1-3-4-5-6-7-8-11-19-13-10-9-12(2)16-14(13)15(17)18/h9-10H,3-8,11H2,1-2H3,(H,17,18). The third-order valence-corrected chi connectivity index (χ3v) is 2.96. The van der Waals surface area contributed by atoms with Gasteiger partial charge in [0.05, 0.1) is 6.61 Å². The molecule has 4 nitrogen and oxygen atoms in total. The number of aryl methyl sites for hydroxylation is 1. The van der Waals surface area contributed by atoms with E-state index >= 15 is 0 Å². The lowest BCUT2D eigenvalue weighted by atomic mass is 10.1. The first-order chi connectivity index (χ1) is 9.15. The zero-order valence-corrected chi connectivity index (χ0v) is 11.8. The summed E-state index contributed by atoms with van der Waals surface area (Å²) < 4.78 is 5.52. The molecule has 0 spiro atoms. The molecular weight excluding hydrogens is 242 g/mol. The fraction of sp³-hybridized carbons (Fsp3) is 0.600. The topological polar surface area (TPSA) is 59.4 Å². The van der Waals surface area contributed by atoms with E-state index in [1.54, 1.807) is 19.1 Å². The van der Waals surface area contributed by atoms with Crippen LogP contribution in [0.4, 0.5) is 0 Å². The molecule has 0 amide bonds. The molecule has 0 bridgehead atoms. The molecule has 4 heteroatoms. The minimum Gasteiger partial charge on any atom is -0.491 e. The van der Waals surface area contributed by atoms with E-state index in [1.165, 1.54) is 25.7 Å². The highest BCUT2D eigenvalue weighted by Crippen LogP contribution is 2.17. The highest BCUT2D eigenvalue weighted by atomic mass is 16.5. The Labute approximate surface area is 114 Å². The van der Waals surface area contributed by atoms with Crippen molar-refractivity contribution in [2.45, 2.75) is 52.4 Å². The molecule has 1 heterocycles. The van der Waals surface area contributed by atoms with Gasteiger partial charge in [-0.05, 0) is 25.5 Å². The Bertz CT molecular complexity index is 404. The highest BCUT2D eigenvalue weighted by molar-refractivity contribution is 5.88. The molecule has 0 aliphatic rings. The van der Waals surface area contributed by atoms with Crippen molar-refractivity contribution in [2.75, 3.05) is 6.61 Å². The zero-order valence-electron chi connectivity index (χ0n) is 11.8. The van der Waals surface area contributed by atoms with Gasteiger partial charge < -0.3 is 9.84 Å². The summed E-state index contributed by atoms with van der Waals surface area (Å²) in [5, 5.41) is 9.05. The van der Waals surface area contributed by atoms with E-state index in [0.717, 1.165) is 12.8 Å². The molecule has 0 atom stereocenters. The SMILES string of the molecule is CCCCCCCCOc1ccc(C)nc1C(=O)O. The van der Waals surface area contributed by atoms with Gasteiger partial charge >= 0.3 is 5.97 Å². The molecule has 1 rings (SSSR count). The molecule has 0 unspecified atom stereocenters. The molecule has 1 N–H and O–H groups in total. The molecule has 1 aromatic rings. The number of hydrogen-bond donors (Lipinski definition) is 1. The number of unbranched alkanes of at least 4 members (excludes halogenated alkanes) is 5. The Hall–Kier alpha value is -1.58. The second kappa shape index (κ2) is 8.51. The minimum atomic E-state index is -1.04. The van der Waals surface area contributed by atoms with E-state index in [4.69, 9.17) is 9.84 Å². The van der Waals surface area contributed by atoms with Gasteiger partial charge in [-0.3, -0.25) is 0 Å². The molecule has 0 aliphatic heterocycles. The fourth-order valence-electron chi connectivity index (χ4n) is 1.88. The predicted molar refractivity (Wildman–Crippen MR) is 74.8 cm³/mol. The monoisotopic (exact) mass is 265 g/mol. The summed E-state index contributed by atoms with van der Waals surface area (Å²) in [6.07, 6.45) is 7.09. The average molecular weight is 265 g/mol. The van der Waals surface area contributed by atoms with Crippen LogP contribution in [0, 0.1) is 6.92 Å². The maximum absolute atomic E-state index is 11.0. The van der Waals surface area contributed by atoms with Crippen LogP contribution in [-0.2, 0) is 0 Å². The molecule has 19 heavy (non-hydrogen) atoms. The number of carboxylic acids is 1. The third kappa shape index (κ3) is 5.73. The Morgan fingerprint density at radius 3 is 2.58 bits per heavy atom. The van der Waals surface area contributed by atoms with Crippen LogP contribution in [0.25, 0.3) is 0 Å². The summed E-state index contributed by atoms with van der Waals surface area (Å²) in [4.78, 5) is 15.0. The molecular formula is C15H23NO3. The van der Waals surface area contributed by atoms with Gasteiger partial charge in [0, 0.05) is 5.69 Å². The summed E-state index contributed by atoms with van der Waals surface area (Å²) in [5.41, 5.74) is 0.690. The second-order valence-corrected chi connectivity index (χ2v) is 4.72. The van der Waals surface area contributed by atoms with Crippen molar-refractivity contribution in [2.24, 2.45) is 0 Å². The molecule has 0 aliphatic carbocycles. The smallest absolute Gasteiger partial charge is 0.358 e. The number of aromatic carboxylic acids is 1. The van der Waals surface area contributed by atoms with Gasteiger partial charge in [0.25, 0.3) is 0 Å². The lowest BCUT2D eigenvalue weighted by Gasteiger charge is -2.09. The molecule has 0 radical (unpaired) electrons. The van der Waals surface area contributed by atoms with Crippen molar-refractivity contribution < 1.29 is 14.6 Å². The lowest BCUT2D eigenvalue weighted by molar-refractivity contribution is 0.0685. The summed E-state index contributed by atoms with van der Waals surface area (Å²) in [7, 11) is 0. The number of aromatic nitrogens is 1. The second-order valence-electron chi connectivity index (χ2n) is 4.72. The van der Waals surface area contributed by atoms with Gasteiger partial charge in [0.1, 0.15) is 0 Å². The van der Waals surface area contributed by atoms with Crippen molar-refractivity contribution in [3.05, 3.63) is 23.5 Å². The number of nitrogens with zero attached hydrogens (tertiary/aromatic N) is 1. The van der Waals surface area contributed by atoms with Crippen molar-refractivity contribution in [3.63, 3.8) is 0 Å². The number of hydrogen-bond acceptors (Lipinski definition) is 3. The van der Waals surface area contributed by atoms with E-state index < -0.39 is 5.97 Å². The Balaban J connectivity index is 2.35. The number of ether oxygens (including phenoxy) is 1. The van der Waals surface area contributed by atoms with E-state index in [2.05, 4.69) is 11.9 Å². The van der Waals surface area contributed by atoms with Crippen LogP contribution in [0.2, 0.25) is 0 Å². The Morgan fingerprint density at radius 1 is 1.21 bits per heavy atom. The molecule has 0 saturated heterocycles. The van der Waals surface area contributed by atoms with Crippen LogP contribution in [0.15, 0.2) is 12.1 Å². The van der Waals surface area contributed by atoms with Gasteiger partial charge in [-0.15, -0.1) is 0 Å². The molecule has 0 fully saturated rings. The Morgan fingerprint density at radius 2 is 1.89 bits per heavy atom. The van der Waals surface area contributed by atoms with Crippen molar-refractivity contribution in [1.82, 2.24) is 4.98 Å². The minimum absolute atomic E-state index is 0.00554. The Kier molecular flexibility index (Phi) is 6.93. The number of rotatable bonds is 9. The van der Waals surface area contributed by atoms with Gasteiger partial charge in [-0.1, -0.05) is 39.0 Å². The van der Waals surface area contributed by atoms with Crippen LogP contribution in [0.3, 0.4) is 0 Å². The molecule has 0 saturated carbocycles. The van der Waals surface area contributed by atoms with Crippen LogP contribution in [-0.4, -0.2) is 22.7 Å². The van der Waals surface area contributed by atoms with Crippen molar-refractivity contribution >= 4 is 5.97 Å². The van der Waals surface area contributed by atoms with Crippen LogP contribution >= 0.6 is 0 Å². The highest BCUT2D eigenvalue weighted by Gasteiger charge is 2.13. The number of carboxylic acid groups (broad SMARTS) is 1. The van der Waals surface area contributed by atoms with Gasteiger partial charge in [-0.25, -0.2) is 9.78 Å². The van der Waals surface area contributed by atoms with Crippen LogP contribution in [0.1, 0.15) is 61.6 Å². The molecule has 1 aromatic heterocycles. The van der Waals surface area contributed by atoms with Gasteiger partial charge in [0.2, 0.25) is 0 Å². The first-order valence-corrected chi connectivity index (χ1v) is 6.99. The summed E-state index contributed by atoms with van der Waals surface area (Å²) in [5.74, 6) is -0.673. The van der Waals surface area contributed by atoms with E-state index in [-0.39, 0.29) is 5.69 Å². The third-order valence-electron chi connectivity index (χ3n) is 2.96. The summed E-state index contributed by atoms with van der Waals surface area (Å²) >= 11 is 0. The quantitative estimate of drug-likeness (QED) is 0.689. The fourth-order valence-corrected chi connectivity index (χ4v) is 1.88. The zero-order chi connectivity index (χ0) is 14.1. The maximum atomic E-state index is 11.0. The largest absolute Gasteiger partial charge is 0.491 e. The predicted octanol–water partition coefficient (Wildman–Crippen LogP) is 3.83. The maximum Gasteiger partial charge on any atom is 0.358 e. The lowest BCUT2D eigenvalue weighted by Crippen LogP contribution is -2.07. The van der Waals surface area contributed by atoms with E-state index in [1.807, 2.05) is 0 Å². The van der Waals surface area contributed by atoms with Crippen molar-refractivity contribution in [3.8, 4) is 5.75 Å². The van der Waals surface area contributed by atoms with Crippen LogP contribution < -0.4 is 4.74 Å². The molecule has 106 valence electrons. The van der Waals surface area contributed by atoms with Crippen molar-refractivity contribution in [1.29, 1.82) is 0 Å². The normalized spacial score (nSPS) is 10.4. The van der Waals surface area contributed by atoms with Gasteiger partial charge in [0.15, 0.2) is 11.4 Å².